The molecule has 7 nitrogen and oxygen atoms in total. The van der Waals surface area contributed by atoms with E-state index < -0.39 is 10.7 Å². The van der Waals surface area contributed by atoms with E-state index in [2.05, 4.69) is 15.0 Å². The summed E-state index contributed by atoms with van der Waals surface area (Å²) in [5.41, 5.74) is -0.429. The molecule has 0 atom stereocenters. The molecule has 0 fully saturated rings. The first-order valence-corrected chi connectivity index (χ1v) is 4.97. The average molecular weight is 236 g/mol. The van der Waals surface area contributed by atoms with Gasteiger partial charge in [-0.15, -0.1) is 15.0 Å². The van der Waals surface area contributed by atoms with Crippen molar-refractivity contribution >= 4 is 0 Å². The number of nitrogens with zero attached hydrogens (tertiary/aromatic N) is 2. The van der Waals surface area contributed by atoms with E-state index >= 15 is 0 Å². The highest BCUT2D eigenvalue weighted by atomic mass is 16.9. The van der Waals surface area contributed by atoms with Crippen molar-refractivity contribution in [2.45, 2.75) is 46.6 Å². The minimum atomic E-state index is -0.762. The Morgan fingerprint density at radius 2 is 1.88 bits per heavy atom. The van der Waals surface area contributed by atoms with Crippen molar-refractivity contribution in [3.63, 3.8) is 0 Å². The molecule has 0 amide bonds. The maximum atomic E-state index is 9.56. The van der Waals surface area contributed by atoms with Crippen LogP contribution in [0, 0.1) is 20.9 Å². The Morgan fingerprint density at radius 1 is 1.38 bits per heavy atom. The second kappa shape index (κ2) is 8.87. The van der Waals surface area contributed by atoms with E-state index in [0.717, 1.165) is 6.42 Å². The van der Waals surface area contributed by atoms with Crippen LogP contribution in [0.25, 0.3) is 0 Å². The molecule has 0 aliphatic carbocycles. The van der Waals surface area contributed by atoms with Crippen molar-refractivity contribution in [2.75, 3.05) is 6.61 Å². The lowest BCUT2D eigenvalue weighted by Gasteiger charge is -2.11. The second-order valence-corrected chi connectivity index (χ2v) is 4.52. The lowest BCUT2D eigenvalue weighted by molar-refractivity contribution is -0.758. The molecular formula is C9H20N2O5. The van der Waals surface area contributed by atoms with E-state index in [1.807, 2.05) is 13.8 Å². The smallest absolute Gasteiger partial charge is 0.294 e. The van der Waals surface area contributed by atoms with Crippen LogP contribution in [-0.2, 0) is 9.68 Å². The van der Waals surface area contributed by atoms with Gasteiger partial charge >= 0.3 is 0 Å². The van der Waals surface area contributed by atoms with Crippen LogP contribution < -0.4 is 0 Å². The summed E-state index contributed by atoms with van der Waals surface area (Å²) in [4.78, 5) is 27.3. The van der Waals surface area contributed by atoms with E-state index in [-0.39, 0.29) is 6.61 Å². The molecular weight excluding hydrogens is 216 g/mol. The van der Waals surface area contributed by atoms with Crippen LogP contribution in [0.3, 0.4) is 0 Å². The third-order valence-electron chi connectivity index (χ3n) is 1.20. The molecule has 0 bridgehead atoms. The van der Waals surface area contributed by atoms with Crippen molar-refractivity contribution in [3.05, 3.63) is 15.0 Å². The van der Waals surface area contributed by atoms with Crippen LogP contribution in [0.15, 0.2) is 5.34 Å². The molecule has 16 heavy (non-hydrogen) atoms. The van der Waals surface area contributed by atoms with Gasteiger partial charge in [-0.3, -0.25) is 0 Å². The van der Waals surface area contributed by atoms with Crippen LogP contribution in [0.1, 0.15) is 41.0 Å². The number of hydrogen-bond donors (Lipinski definition) is 0. The Bertz CT molecular complexity index is 201. The molecule has 0 saturated carbocycles. The third kappa shape index (κ3) is 22.9. The highest BCUT2D eigenvalue weighted by Crippen LogP contribution is 2.05. The molecule has 0 radical (unpaired) electrons. The summed E-state index contributed by atoms with van der Waals surface area (Å²) in [7, 11) is 0. The second-order valence-electron chi connectivity index (χ2n) is 4.52. The van der Waals surface area contributed by atoms with Gasteiger partial charge in [0.1, 0.15) is 5.60 Å². The molecule has 0 N–H and O–H groups in total. The highest BCUT2D eigenvalue weighted by Gasteiger charge is 2.09. The summed E-state index contributed by atoms with van der Waals surface area (Å²) in [6.07, 6.45) is 0.737. The first kappa shape index (κ1) is 17.0. The van der Waals surface area contributed by atoms with E-state index in [9.17, 15) is 15.0 Å². The zero-order valence-electron chi connectivity index (χ0n) is 10.4. The Balaban J connectivity index is 0. The minimum absolute atomic E-state index is 0.213. The minimum Gasteiger partial charge on any atom is -0.358 e. The predicted molar refractivity (Wildman–Crippen MR) is 59.0 cm³/mol. The van der Waals surface area contributed by atoms with Gasteiger partial charge in [-0.2, -0.15) is 0 Å². The van der Waals surface area contributed by atoms with Crippen LogP contribution in [-0.4, -0.2) is 17.3 Å². The molecule has 96 valence electrons. The topological polar surface area (TPSA) is 91.0 Å². The molecule has 0 aliphatic heterocycles. The molecule has 0 spiro atoms. The van der Waals surface area contributed by atoms with Gasteiger partial charge in [-0.05, 0) is 33.1 Å². The van der Waals surface area contributed by atoms with Gasteiger partial charge in [0.2, 0.25) is 0 Å². The van der Waals surface area contributed by atoms with Crippen LogP contribution in [0.2, 0.25) is 0 Å². The zero-order chi connectivity index (χ0) is 13.2. The van der Waals surface area contributed by atoms with Gasteiger partial charge in [0, 0.05) is 0 Å². The van der Waals surface area contributed by atoms with Gasteiger partial charge in [-0.1, -0.05) is 13.8 Å². The molecule has 0 heterocycles. The van der Waals surface area contributed by atoms with Crippen molar-refractivity contribution < 1.29 is 14.8 Å². The fraction of sp³-hybridized carbons (Fsp3) is 1.00. The highest BCUT2D eigenvalue weighted by molar-refractivity contribution is 4.55. The van der Waals surface area contributed by atoms with Crippen LogP contribution >= 0.6 is 0 Å². The Morgan fingerprint density at radius 3 is 2.06 bits per heavy atom. The largest absolute Gasteiger partial charge is 0.358 e. The van der Waals surface area contributed by atoms with Crippen molar-refractivity contribution in [1.82, 2.24) is 0 Å². The maximum absolute atomic E-state index is 9.56. The Hall–Kier alpha value is -1.40. The van der Waals surface area contributed by atoms with Gasteiger partial charge in [0.15, 0.2) is 5.34 Å². The normalized spacial score (nSPS) is 10.1. The lowest BCUT2D eigenvalue weighted by atomic mass is 10.1. The Kier molecular flexibility index (Phi) is 9.43. The molecule has 7 heteroatoms. The molecule has 0 aliphatic rings. The molecule has 0 aromatic heterocycles. The van der Waals surface area contributed by atoms with Crippen molar-refractivity contribution in [2.24, 2.45) is 11.3 Å². The van der Waals surface area contributed by atoms with Crippen molar-refractivity contribution in [1.29, 1.82) is 0 Å². The first-order chi connectivity index (χ1) is 7.19. The summed E-state index contributed by atoms with van der Waals surface area (Å²) < 4.78 is 0. The molecule has 0 unspecified atom stereocenters. The van der Waals surface area contributed by atoms with E-state index in [4.69, 9.17) is 0 Å². The lowest BCUT2D eigenvalue weighted by Crippen LogP contribution is -2.14. The third-order valence-corrected chi connectivity index (χ3v) is 1.20. The number of rotatable bonds is 5. The zero-order valence-corrected chi connectivity index (χ0v) is 10.4. The van der Waals surface area contributed by atoms with E-state index in [0.29, 0.717) is 5.92 Å². The van der Waals surface area contributed by atoms with E-state index in [1.54, 1.807) is 20.8 Å². The molecule has 0 aromatic rings. The molecule has 0 rings (SSSR count). The molecule has 0 aromatic carbocycles. The van der Waals surface area contributed by atoms with Gasteiger partial charge < -0.3 is 9.68 Å². The summed E-state index contributed by atoms with van der Waals surface area (Å²) >= 11 is 0. The summed E-state index contributed by atoms with van der Waals surface area (Å²) in [6.45, 7) is 9.47. The number of hydrogen-bond acceptors (Lipinski definition) is 6. The summed E-state index contributed by atoms with van der Waals surface area (Å²) in [5.74, 6) is 0.463. The van der Waals surface area contributed by atoms with Gasteiger partial charge in [0.05, 0.1) is 6.61 Å². The average Bonchev–Trinajstić information content (AvgIpc) is 2.00. The van der Waals surface area contributed by atoms with Crippen molar-refractivity contribution in [3.8, 4) is 0 Å². The summed E-state index contributed by atoms with van der Waals surface area (Å²) in [5, 5.41) is 11.1. The monoisotopic (exact) mass is 236 g/mol. The predicted octanol–water partition coefficient (Wildman–Crippen LogP) is 2.72. The first-order valence-electron chi connectivity index (χ1n) is 4.97. The van der Waals surface area contributed by atoms with E-state index in [1.165, 1.54) is 0 Å². The van der Waals surface area contributed by atoms with Gasteiger partial charge in [-0.25, -0.2) is 0 Å². The SMILES string of the molecule is CC(C)(C)ON=O.CC(C)CCO[N+](=O)[O-]. The maximum Gasteiger partial charge on any atom is 0.294 e. The van der Waals surface area contributed by atoms with Crippen LogP contribution in [0.5, 0.6) is 0 Å². The Labute approximate surface area is 95.1 Å². The fourth-order valence-electron chi connectivity index (χ4n) is 0.475. The fourth-order valence-corrected chi connectivity index (χ4v) is 0.475. The standard InChI is InChI=1S/C5H11NO3.C4H9NO2/c1-5(2)3-4-9-6(7)8;1-4(2,3)7-5-6/h5H,3-4H2,1-2H3;1-3H3. The van der Waals surface area contributed by atoms with Gasteiger partial charge in [0.25, 0.3) is 5.09 Å². The molecule has 0 saturated heterocycles. The summed E-state index contributed by atoms with van der Waals surface area (Å²) in [6, 6.07) is 0. The quantitative estimate of drug-likeness (QED) is 0.415. The van der Waals surface area contributed by atoms with Crippen LogP contribution in [0.4, 0.5) is 0 Å².